The lowest BCUT2D eigenvalue weighted by atomic mass is 9.88. The van der Waals surface area contributed by atoms with E-state index < -0.39 is 0 Å². The lowest BCUT2D eigenvalue weighted by Crippen LogP contribution is -2.37. The Morgan fingerprint density at radius 3 is 1.91 bits per heavy atom. The lowest BCUT2D eigenvalue weighted by Gasteiger charge is -2.34. The molecule has 1 aliphatic rings. The standard InChI is InChI=1S/C19H36Cl2O/c1-3-4-5-6-7-8-9-10-11-12-13-22-19-15-17(20)16(2)14-18(19)21/h16-19H,3-15H2,1-2H3. The van der Waals surface area contributed by atoms with Gasteiger partial charge < -0.3 is 4.74 Å². The topological polar surface area (TPSA) is 9.23 Å². The summed E-state index contributed by atoms with van der Waals surface area (Å²) in [7, 11) is 0. The molecule has 4 unspecified atom stereocenters. The molecule has 0 aromatic rings. The Morgan fingerprint density at radius 1 is 0.773 bits per heavy atom. The van der Waals surface area contributed by atoms with Crippen molar-refractivity contribution in [1.29, 1.82) is 0 Å². The van der Waals surface area contributed by atoms with Crippen LogP contribution in [0.2, 0.25) is 0 Å². The second kappa shape index (κ2) is 12.9. The van der Waals surface area contributed by atoms with E-state index in [0.717, 1.165) is 19.4 Å². The SMILES string of the molecule is CCCCCCCCCCCCOC1CC(Cl)C(C)CC1Cl. The molecular weight excluding hydrogens is 315 g/mol. The van der Waals surface area contributed by atoms with E-state index in [-0.39, 0.29) is 16.9 Å². The van der Waals surface area contributed by atoms with Gasteiger partial charge in [0.1, 0.15) is 0 Å². The molecule has 0 bridgehead atoms. The van der Waals surface area contributed by atoms with Crippen molar-refractivity contribution < 1.29 is 4.74 Å². The van der Waals surface area contributed by atoms with Gasteiger partial charge >= 0.3 is 0 Å². The summed E-state index contributed by atoms with van der Waals surface area (Å²) in [6, 6.07) is 0. The first-order valence-corrected chi connectivity index (χ1v) is 10.4. The van der Waals surface area contributed by atoms with Crippen LogP contribution in [-0.2, 0) is 4.74 Å². The van der Waals surface area contributed by atoms with Crippen molar-refractivity contribution in [3.8, 4) is 0 Å². The number of hydrogen-bond acceptors (Lipinski definition) is 1. The molecule has 0 aliphatic heterocycles. The number of rotatable bonds is 12. The normalized spacial score (nSPS) is 28.9. The predicted molar refractivity (Wildman–Crippen MR) is 99.3 cm³/mol. The van der Waals surface area contributed by atoms with Gasteiger partial charge in [0, 0.05) is 12.0 Å². The Labute approximate surface area is 148 Å². The minimum Gasteiger partial charge on any atom is -0.377 e. The van der Waals surface area contributed by atoms with E-state index in [4.69, 9.17) is 27.9 Å². The van der Waals surface area contributed by atoms with Crippen LogP contribution >= 0.6 is 23.2 Å². The molecule has 0 heterocycles. The maximum atomic E-state index is 6.39. The monoisotopic (exact) mass is 350 g/mol. The molecule has 1 aliphatic carbocycles. The van der Waals surface area contributed by atoms with Gasteiger partial charge in [-0.25, -0.2) is 0 Å². The fourth-order valence-corrected chi connectivity index (χ4v) is 3.99. The Balaban J connectivity index is 1.89. The molecule has 0 aromatic carbocycles. The van der Waals surface area contributed by atoms with Gasteiger partial charge in [0.2, 0.25) is 0 Å². The molecule has 0 spiro atoms. The van der Waals surface area contributed by atoms with E-state index in [2.05, 4.69) is 13.8 Å². The van der Waals surface area contributed by atoms with E-state index in [0.29, 0.717) is 5.92 Å². The zero-order chi connectivity index (χ0) is 16.2. The summed E-state index contributed by atoms with van der Waals surface area (Å²) in [6.45, 7) is 5.31. The zero-order valence-electron chi connectivity index (χ0n) is 14.7. The van der Waals surface area contributed by atoms with Crippen molar-refractivity contribution in [2.24, 2.45) is 5.92 Å². The Bertz CT molecular complexity index is 260. The van der Waals surface area contributed by atoms with E-state index in [1.54, 1.807) is 0 Å². The molecule has 22 heavy (non-hydrogen) atoms. The first-order chi connectivity index (χ1) is 10.6. The number of unbranched alkanes of at least 4 members (excludes halogenated alkanes) is 9. The van der Waals surface area contributed by atoms with Crippen molar-refractivity contribution in [3.05, 3.63) is 0 Å². The fourth-order valence-electron chi connectivity index (χ4n) is 3.25. The molecule has 1 fully saturated rings. The number of hydrogen-bond donors (Lipinski definition) is 0. The Morgan fingerprint density at radius 2 is 1.32 bits per heavy atom. The van der Waals surface area contributed by atoms with Crippen LogP contribution in [0, 0.1) is 5.92 Å². The number of ether oxygens (including phenoxy) is 1. The van der Waals surface area contributed by atoms with Crippen LogP contribution in [-0.4, -0.2) is 23.5 Å². The summed E-state index contributed by atoms with van der Waals surface area (Å²) < 4.78 is 5.97. The summed E-state index contributed by atoms with van der Waals surface area (Å²) in [5.74, 6) is 0.515. The van der Waals surface area contributed by atoms with Gasteiger partial charge in [-0.15, -0.1) is 23.2 Å². The molecular formula is C19H36Cl2O. The van der Waals surface area contributed by atoms with Crippen LogP contribution < -0.4 is 0 Å². The van der Waals surface area contributed by atoms with Crippen LogP contribution in [0.1, 0.15) is 90.9 Å². The maximum Gasteiger partial charge on any atom is 0.0752 e. The van der Waals surface area contributed by atoms with Gasteiger partial charge in [0.15, 0.2) is 0 Å². The van der Waals surface area contributed by atoms with Gasteiger partial charge in [0.05, 0.1) is 11.5 Å². The highest BCUT2D eigenvalue weighted by Gasteiger charge is 2.33. The largest absolute Gasteiger partial charge is 0.377 e. The molecule has 1 rings (SSSR count). The molecule has 1 saturated carbocycles. The zero-order valence-corrected chi connectivity index (χ0v) is 16.2. The maximum absolute atomic E-state index is 6.39. The summed E-state index contributed by atoms with van der Waals surface area (Å²) in [5.41, 5.74) is 0. The second-order valence-electron chi connectivity index (χ2n) is 7.07. The van der Waals surface area contributed by atoms with Crippen LogP contribution in [0.15, 0.2) is 0 Å². The lowest BCUT2D eigenvalue weighted by molar-refractivity contribution is 0.0224. The highest BCUT2D eigenvalue weighted by molar-refractivity contribution is 6.23. The van der Waals surface area contributed by atoms with Crippen molar-refractivity contribution in [3.63, 3.8) is 0 Å². The fraction of sp³-hybridized carbons (Fsp3) is 1.00. The Kier molecular flexibility index (Phi) is 12.1. The van der Waals surface area contributed by atoms with Crippen molar-refractivity contribution in [2.45, 2.75) is 108 Å². The van der Waals surface area contributed by atoms with E-state index in [9.17, 15) is 0 Å². The molecule has 1 nitrogen and oxygen atoms in total. The summed E-state index contributed by atoms with van der Waals surface area (Å²) in [5, 5.41) is 0.376. The second-order valence-corrected chi connectivity index (χ2v) is 8.19. The van der Waals surface area contributed by atoms with Crippen molar-refractivity contribution >= 4 is 23.2 Å². The molecule has 0 radical (unpaired) electrons. The average molecular weight is 351 g/mol. The van der Waals surface area contributed by atoms with Gasteiger partial charge in [0.25, 0.3) is 0 Å². The third-order valence-corrected chi connectivity index (χ3v) is 5.97. The van der Waals surface area contributed by atoms with E-state index in [1.165, 1.54) is 64.2 Å². The Hall–Kier alpha value is 0.540. The molecule has 132 valence electrons. The molecule has 0 saturated heterocycles. The van der Waals surface area contributed by atoms with Gasteiger partial charge in [-0.1, -0.05) is 71.6 Å². The van der Waals surface area contributed by atoms with Crippen LogP contribution in [0.3, 0.4) is 0 Å². The smallest absolute Gasteiger partial charge is 0.0752 e. The van der Waals surface area contributed by atoms with Crippen molar-refractivity contribution in [1.82, 2.24) is 0 Å². The minimum absolute atomic E-state index is 0.146. The van der Waals surface area contributed by atoms with Gasteiger partial charge in [-0.3, -0.25) is 0 Å². The predicted octanol–water partition coefficient (Wildman–Crippen LogP) is 6.94. The van der Waals surface area contributed by atoms with Crippen LogP contribution in [0.5, 0.6) is 0 Å². The van der Waals surface area contributed by atoms with Crippen LogP contribution in [0.25, 0.3) is 0 Å². The third-order valence-electron chi connectivity index (χ3n) is 4.91. The highest BCUT2D eigenvalue weighted by Crippen LogP contribution is 2.33. The summed E-state index contributed by atoms with van der Waals surface area (Å²) in [6.07, 6.45) is 15.7. The summed E-state index contributed by atoms with van der Waals surface area (Å²) >= 11 is 12.7. The number of alkyl halides is 2. The van der Waals surface area contributed by atoms with E-state index in [1.807, 2.05) is 0 Å². The number of halogens is 2. The quantitative estimate of drug-likeness (QED) is 0.273. The van der Waals surface area contributed by atoms with Crippen molar-refractivity contribution in [2.75, 3.05) is 6.61 Å². The molecule has 4 atom stereocenters. The average Bonchev–Trinajstić information content (AvgIpc) is 2.49. The molecule has 0 N–H and O–H groups in total. The molecule has 3 heteroatoms. The highest BCUT2D eigenvalue weighted by atomic mass is 35.5. The van der Waals surface area contributed by atoms with E-state index >= 15 is 0 Å². The molecule has 0 aromatic heterocycles. The molecule has 0 amide bonds. The minimum atomic E-state index is 0.146. The van der Waals surface area contributed by atoms with Gasteiger partial charge in [-0.05, 0) is 25.2 Å². The van der Waals surface area contributed by atoms with Gasteiger partial charge in [-0.2, -0.15) is 0 Å². The first kappa shape index (κ1) is 20.6. The third kappa shape index (κ3) is 8.99. The van der Waals surface area contributed by atoms with Crippen LogP contribution in [0.4, 0.5) is 0 Å². The first-order valence-electron chi connectivity index (χ1n) is 9.54. The summed E-state index contributed by atoms with van der Waals surface area (Å²) in [4.78, 5) is 0.